The van der Waals surface area contributed by atoms with Crippen molar-refractivity contribution in [3.8, 4) is 0 Å². The van der Waals surface area contributed by atoms with Crippen LogP contribution in [0.4, 0.5) is 0 Å². The molecule has 0 rings (SSSR count). The van der Waals surface area contributed by atoms with E-state index in [1.165, 1.54) is 0 Å². The largest absolute Gasteiger partial charge is 0.394 e. The van der Waals surface area contributed by atoms with Crippen molar-refractivity contribution in [2.24, 2.45) is 11.5 Å². The predicted octanol–water partition coefficient (Wildman–Crippen LogP) is -2.10. The Balaban J connectivity index is 4.18. The van der Waals surface area contributed by atoms with E-state index < -0.39 is 41.6 Å². The molecule has 0 saturated heterocycles. The van der Waals surface area contributed by atoms with Crippen LogP contribution in [0.25, 0.3) is 0 Å². The van der Waals surface area contributed by atoms with Crippen LogP contribution in [0.3, 0.4) is 0 Å². The fourth-order valence-electron chi connectivity index (χ4n) is 2.48. The van der Waals surface area contributed by atoms with Gasteiger partial charge < -0.3 is 42.0 Å². The molecule has 0 bridgehead atoms. The second-order valence-corrected chi connectivity index (χ2v) is 8.51. The van der Waals surface area contributed by atoms with E-state index in [0.717, 1.165) is 0 Å². The number of nitrogens with two attached hydrogens (primary N) is 2. The van der Waals surface area contributed by atoms with Crippen LogP contribution in [0.15, 0.2) is 0 Å². The quantitative estimate of drug-likeness (QED) is 0.132. The van der Waals surface area contributed by atoms with Gasteiger partial charge in [-0.15, -0.1) is 0 Å². The minimum absolute atomic E-state index is 0.185. The lowest BCUT2D eigenvalue weighted by Crippen LogP contribution is -2.51. The molecule has 0 saturated carbocycles. The molecule has 0 unspecified atom stereocenters. The topological polar surface area (TPSA) is 195 Å². The number of aliphatic hydroxyl groups excluding tert-OH is 1. The normalized spacial score (nSPS) is 12.7. The summed E-state index contributed by atoms with van der Waals surface area (Å²) in [6, 6.07) is -1.06. The molecule has 0 aromatic rings. The van der Waals surface area contributed by atoms with Crippen molar-refractivity contribution in [3.05, 3.63) is 0 Å². The summed E-state index contributed by atoms with van der Waals surface area (Å²) < 4.78 is 11.7. The molecule has 0 fully saturated rings. The Morgan fingerprint density at radius 3 is 2.09 bits per heavy atom. The van der Waals surface area contributed by atoms with Gasteiger partial charge in [0.05, 0.1) is 44.1 Å². The molecular formula is C20H39N5O7. The average Bonchev–Trinajstić information content (AvgIpc) is 2.71. The minimum atomic E-state index is -1.06. The SMILES string of the molecule is CC(C)(CCOC(C)(C)CCC(=O)NCC(N)=O)OCCNC(=O)[C@H](CO)NC(=O)CN. The number of ether oxygens (including phenoxy) is 2. The highest BCUT2D eigenvalue weighted by Crippen LogP contribution is 2.20. The third kappa shape index (κ3) is 14.7. The molecule has 0 aliphatic rings. The van der Waals surface area contributed by atoms with Crippen LogP contribution >= 0.6 is 0 Å². The Morgan fingerprint density at radius 2 is 1.53 bits per heavy atom. The molecule has 1 atom stereocenters. The first-order valence-corrected chi connectivity index (χ1v) is 10.5. The van der Waals surface area contributed by atoms with Crippen molar-refractivity contribution in [1.82, 2.24) is 16.0 Å². The molecule has 0 aromatic heterocycles. The molecule has 0 radical (unpaired) electrons. The van der Waals surface area contributed by atoms with Crippen LogP contribution < -0.4 is 27.4 Å². The summed E-state index contributed by atoms with van der Waals surface area (Å²) in [5.41, 5.74) is 9.10. The zero-order valence-electron chi connectivity index (χ0n) is 19.5. The number of nitrogens with one attached hydrogen (secondary N) is 3. The second kappa shape index (κ2) is 14.7. The second-order valence-electron chi connectivity index (χ2n) is 8.51. The summed E-state index contributed by atoms with van der Waals surface area (Å²) in [7, 11) is 0. The summed E-state index contributed by atoms with van der Waals surface area (Å²) in [5.74, 6) is -1.93. The van der Waals surface area contributed by atoms with Gasteiger partial charge >= 0.3 is 0 Å². The molecule has 186 valence electrons. The summed E-state index contributed by atoms with van der Waals surface area (Å²) in [6.45, 7) is 7.35. The van der Waals surface area contributed by atoms with Crippen LogP contribution in [0.1, 0.15) is 47.0 Å². The van der Waals surface area contributed by atoms with Crippen LogP contribution in [0.2, 0.25) is 0 Å². The summed E-state index contributed by atoms with van der Waals surface area (Å²) in [5, 5.41) is 16.5. The van der Waals surface area contributed by atoms with Gasteiger partial charge in [-0.25, -0.2) is 0 Å². The molecule has 12 nitrogen and oxygen atoms in total. The first kappa shape index (κ1) is 29.7. The van der Waals surface area contributed by atoms with Gasteiger partial charge in [-0.1, -0.05) is 0 Å². The molecular weight excluding hydrogens is 422 g/mol. The number of carbonyl (C=O) groups is 4. The molecule has 4 amide bonds. The lowest BCUT2D eigenvalue weighted by Gasteiger charge is -2.30. The lowest BCUT2D eigenvalue weighted by molar-refractivity contribution is -0.129. The zero-order chi connectivity index (χ0) is 24.8. The van der Waals surface area contributed by atoms with E-state index in [2.05, 4.69) is 16.0 Å². The highest BCUT2D eigenvalue weighted by Gasteiger charge is 2.24. The number of aliphatic hydroxyl groups is 1. The summed E-state index contributed by atoms with van der Waals surface area (Å²) in [4.78, 5) is 45.6. The Bertz CT molecular complexity index is 625. The summed E-state index contributed by atoms with van der Waals surface area (Å²) >= 11 is 0. The van der Waals surface area contributed by atoms with Gasteiger partial charge in [-0.2, -0.15) is 0 Å². The highest BCUT2D eigenvalue weighted by atomic mass is 16.5. The Labute approximate surface area is 189 Å². The van der Waals surface area contributed by atoms with E-state index in [1.807, 2.05) is 27.7 Å². The molecule has 0 aliphatic heterocycles. The van der Waals surface area contributed by atoms with E-state index >= 15 is 0 Å². The molecule has 0 heterocycles. The standard InChI is InChI=1S/C20H39N5O7/c1-19(2,6-5-16(28)24-12-15(22)27)31-9-7-20(3,4)32-10-8-23-18(30)14(13-26)25-17(29)11-21/h14,26H,5-13,21H2,1-4H3,(H2,22,27)(H,23,30)(H,24,28)(H,25,29)/t14-/m0/s1. The van der Waals surface area contributed by atoms with Crippen LogP contribution in [0, 0.1) is 0 Å². The van der Waals surface area contributed by atoms with Gasteiger partial charge in [0.2, 0.25) is 23.6 Å². The number of amides is 4. The maximum atomic E-state index is 12.0. The smallest absolute Gasteiger partial charge is 0.245 e. The van der Waals surface area contributed by atoms with E-state index in [0.29, 0.717) is 19.4 Å². The Kier molecular flexibility index (Phi) is 13.7. The molecule has 0 spiro atoms. The van der Waals surface area contributed by atoms with Crippen LogP contribution in [-0.4, -0.2) is 85.4 Å². The first-order chi connectivity index (χ1) is 14.8. The minimum Gasteiger partial charge on any atom is -0.394 e. The first-order valence-electron chi connectivity index (χ1n) is 10.5. The Morgan fingerprint density at radius 1 is 0.938 bits per heavy atom. The maximum Gasteiger partial charge on any atom is 0.245 e. The third-order valence-corrected chi connectivity index (χ3v) is 4.52. The predicted molar refractivity (Wildman–Crippen MR) is 117 cm³/mol. The van der Waals surface area contributed by atoms with Crippen molar-refractivity contribution >= 4 is 23.6 Å². The maximum absolute atomic E-state index is 12.0. The number of hydrogen-bond donors (Lipinski definition) is 6. The number of hydrogen-bond acceptors (Lipinski definition) is 8. The van der Waals surface area contributed by atoms with Crippen molar-refractivity contribution in [1.29, 1.82) is 0 Å². The van der Waals surface area contributed by atoms with Crippen LogP contribution in [0.5, 0.6) is 0 Å². The zero-order valence-corrected chi connectivity index (χ0v) is 19.5. The fraction of sp³-hybridized carbons (Fsp3) is 0.800. The van der Waals surface area contributed by atoms with E-state index in [9.17, 15) is 24.3 Å². The van der Waals surface area contributed by atoms with Crippen molar-refractivity contribution in [2.45, 2.75) is 64.2 Å². The number of carbonyl (C=O) groups excluding carboxylic acids is 4. The van der Waals surface area contributed by atoms with Gasteiger partial charge in [0.25, 0.3) is 0 Å². The Hall–Kier alpha value is -2.28. The van der Waals surface area contributed by atoms with Crippen molar-refractivity contribution in [3.63, 3.8) is 0 Å². The molecule has 0 aromatic carbocycles. The van der Waals surface area contributed by atoms with Crippen LogP contribution in [-0.2, 0) is 28.7 Å². The molecule has 12 heteroatoms. The van der Waals surface area contributed by atoms with Crippen molar-refractivity contribution < 1.29 is 33.8 Å². The average molecular weight is 462 g/mol. The van der Waals surface area contributed by atoms with Gasteiger partial charge in [0.15, 0.2) is 0 Å². The highest BCUT2D eigenvalue weighted by molar-refractivity contribution is 5.88. The monoisotopic (exact) mass is 461 g/mol. The van der Waals surface area contributed by atoms with Gasteiger partial charge in [-0.3, -0.25) is 19.2 Å². The third-order valence-electron chi connectivity index (χ3n) is 4.52. The van der Waals surface area contributed by atoms with E-state index in [4.69, 9.17) is 20.9 Å². The van der Waals surface area contributed by atoms with Crippen molar-refractivity contribution in [2.75, 3.05) is 39.5 Å². The summed E-state index contributed by atoms with van der Waals surface area (Å²) in [6.07, 6.45) is 1.25. The molecule has 0 aliphatic carbocycles. The van der Waals surface area contributed by atoms with E-state index in [1.54, 1.807) is 0 Å². The number of primary amides is 1. The van der Waals surface area contributed by atoms with Gasteiger partial charge in [0.1, 0.15) is 6.04 Å². The molecule has 32 heavy (non-hydrogen) atoms. The fourth-order valence-corrected chi connectivity index (χ4v) is 2.48. The number of rotatable bonds is 17. The lowest BCUT2D eigenvalue weighted by atomic mass is 10.0. The van der Waals surface area contributed by atoms with Gasteiger partial charge in [0, 0.05) is 13.0 Å². The molecule has 8 N–H and O–H groups in total. The van der Waals surface area contributed by atoms with Gasteiger partial charge in [-0.05, 0) is 40.5 Å². The van der Waals surface area contributed by atoms with E-state index in [-0.39, 0.29) is 38.6 Å².